The first kappa shape index (κ1) is 23.3. The molecule has 0 radical (unpaired) electrons. The molecule has 0 saturated carbocycles. The summed E-state index contributed by atoms with van der Waals surface area (Å²) >= 11 is 1.16. The summed E-state index contributed by atoms with van der Waals surface area (Å²) in [5, 5.41) is 16.1. The molecule has 8 heteroatoms. The molecule has 0 aliphatic carbocycles. The summed E-state index contributed by atoms with van der Waals surface area (Å²) in [6, 6.07) is 21.7. The fourth-order valence-electron chi connectivity index (χ4n) is 3.73. The van der Waals surface area contributed by atoms with Crippen molar-refractivity contribution in [2.45, 2.75) is 37.0 Å². The summed E-state index contributed by atoms with van der Waals surface area (Å²) < 4.78 is 7.44. The van der Waals surface area contributed by atoms with Gasteiger partial charge in [0, 0.05) is 6.07 Å². The molecule has 0 fully saturated rings. The first-order valence-electron chi connectivity index (χ1n) is 10.7. The number of carbonyl (C=O) groups is 1. The average molecular weight is 474 g/mol. The van der Waals surface area contributed by atoms with E-state index in [2.05, 4.69) is 5.10 Å². The number of carbonyl (C=O) groups excluding carboxylic acids is 1. The van der Waals surface area contributed by atoms with E-state index in [-0.39, 0.29) is 18.0 Å². The molecular formula is C26H23N3O4S. The van der Waals surface area contributed by atoms with Crippen LogP contribution >= 0.6 is 11.8 Å². The zero-order valence-corrected chi connectivity index (χ0v) is 19.8. The van der Waals surface area contributed by atoms with Crippen LogP contribution in [0.4, 0.5) is 5.69 Å². The van der Waals surface area contributed by atoms with Crippen LogP contribution in [-0.4, -0.2) is 20.7 Å². The second-order valence-corrected chi connectivity index (χ2v) is 8.99. The van der Waals surface area contributed by atoms with Crippen molar-refractivity contribution < 1.29 is 14.5 Å². The second-order valence-electron chi connectivity index (χ2n) is 7.94. The quantitative estimate of drug-likeness (QED) is 0.186. The summed E-state index contributed by atoms with van der Waals surface area (Å²) in [5.74, 6) is -0.201. The molecule has 0 saturated heterocycles. The summed E-state index contributed by atoms with van der Waals surface area (Å²) in [7, 11) is 0. The smallest absolute Gasteiger partial charge is 0.317 e. The van der Waals surface area contributed by atoms with Crippen molar-refractivity contribution in [2.24, 2.45) is 0 Å². The SMILES string of the molecule is Cc1cc(C)cc(CC(=O)Oc2c(Sc3ccccc3[N+](=O)[O-])c(C)nn2-c2ccccc2)c1. The van der Waals surface area contributed by atoms with E-state index in [1.807, 2.05) is 62.4 Å². The summed E-state index contributed by atoms with van der Waals surface area (Å²) in [5.41, 5.74) is 4.29. The fourth-order valence-corrected chi connectivity index (χ4v) is 4.75. The molecule has 0 aliphatic rings. The number of rotatable bonds is 7. The van der Waals surface area contributed by atoms with Gasteiger partial charge in [-0.1, -0.05) is 71.4 Å². The van der Waals surface area contributed by atoms with Crippen LogP contribution in [0, 0.1) is 30.9 Å². The lowest BCUT2D eigenvalue weighted by Gasteiger charge is -2.11. The monoisotopic (exact) mass is 473 g/mol. The third-order valence-corrected chi connectivity index (χ3v) is 6.32. The molecule has 4 aromatic rings. The Morgan fingerprint density at radius 3 is 2.32 bits per heavy atom. The largest absolute Gasteiger partial charge is 0.406 e. The first-order chi connectivity index (χ1) is 16.3. The highest BCUT2D eigenvalue weighted by atomic mass is 32.2. The number of nitro benzene ring substituents is 1. The van der Waals surface area contributed by atoms with Crippen molar-refractivity contribution in [3.63, 3.8) is 0 Å². The number of esters is 1. The van der Waals surface area contributed by atoms with E-state index in [1.165, 1.54) is 6.07 Å². The van der Waals surface area contributed by atoms with Gasteiger partial charge in [-0.15, -0.1) is 0 Å². The van der Waals surface area contributed by atoms with Crippen LogP contribution in [0.3, 0.4) is 0 Å². The van der Waals surface area contributed by atoms with E-state index in [0.29, 0.717) is 21.2 Å². The Bertz CT molecular complexity index is 1350. The lowest BCUT2D eigenvalue weighted by Crippen LogP contribution is -2.14. The minimum atomic E-state index is -0.438. The van der Waals surface area contributed by atoms with Crippen molar-refractivity contribution in [3.05, 3.63) is 105 Å². The van der Waals surface area contributed by atoms with Gasteiger partial charge in [0.15, 0.2) is 0 Å². The van der Waals surface area contributed by atoms with E-state index < -0.39 is 10.9 Å². The minimum absolute atomic E-state index is 0.0214. The van der Waals surface area contributed by atoms with Crippen LogP contribution < -0.4 is 4.74 Å². The number of benzene rings is 3. The number of nitro groups is 1. The van der Waals surface area contributed by atoms with Crippen molar-refractivity contribution >= 4 is 23.4 Å². The Kier molecular flexibility index (Phi) is 6.79. The first-order valence-corrected chi connectivity index (χ1v) is 11.5. The molecule has 0 bridgehead atoms. The lowest BCUT2D eigenvalue weighted by molar-refractivity contribution is -0.387. The third-order valence-electron chi connectivity index (χ3n) is 5.08. The van der Waals surface area contributed by atoms with Crippen LogP contribution in [0.2, 0.25) is 0 Å². The molecule has 0 spiro atoms. The van der Waals surface area contributed by atoms with E-state index in [1.54, 1.807) is 29.8 Å². The zero-order valence-electron chi connectivity index (χ0n) is 19.0. The van der Waals surface area contributed by atoms with Crippen LogP contribution in [0.1, 0.15) is 22.4 Å². The molecule has 4 rings (SSSR count). The highest BCUT2D eigenvalue weighted by molar-refractivity contribution is 7.99. The molecule has 1 heterocycles. The molecule has 0 unspecified atom stereocenters. The Balaban J connectivity index is 1.73. The van der Waals surface area contributed by atoms with Gasteiger partial charge in [0.05, 0.1) is 32.5 Å². The topological polar surface area (TPSA) is 87.3 Å². The molecule has 34 heavy (non-hydrogen) atoms. The van der Waals surface area contributed by atoms with Gasteiger partial charge in [-0.2, -0.15) is 9.78 Å². The van der Waals surface area contributed by atoms with Crippen molar-refractivity contribution in [1.29, 1.82) is 0 Å². The van der Waals surface area contributed by atoms with Gasteiger partial charge in [-0.25, -0.2) is 0 Å². The zero-order chi connectivity index (χ0) is 24.2. The summed E-state index contributed by atoms with van der Waals surface area (Å²) in [4.78, 5) is 25.1. The number of hydrogen-bond donors (Lipinski definition) is 0. The van der Waals surface area contributed by atoms with Crippen molar-refractivity contribution in [3.8, 4) is 11.6 Å². The van der Waals surface area contributed by atoms with Crippen LogP contribution in [0.5, 0.6) is 5.88 Å². The van der Waals surface area contributed by atoms with E-state index in [4.69, 9.17) is 4.74 Å². The van der Waals surface area contributed by atoms with Crippen LogP contribution in [0.15, 0.2) is 82.6 Å². The van der Waals surface area contributed by atoms with Crippen LogP contribution in [-0.2, 0) is 11.2 Å². The number of nitrogens with zero attached hydrogens (tertiary/aromatic N) is 3. The number of ether oxygens (including phenoxy) is 1. The van der Waals surface area contributed by atoms with Gasteiger partial charge in [0.25, 0.3) is 5.69 Å². The Labute approximate surface area is 201 Å². The fraction of sp³-hybridized carbons (Fsp3) is 0.154. The summed E-state index contributed by atoms with van der Waals surface area (Å²) in [6.07, 6.45) is 0.0944. The number of hydrogen-bond acceptors (Lipinski definition) is 6. The normalized spacial score (nSPS) is 10.8. The number of aromatic nitrogens is 2. The number of para-hydroxylation sites is 2. The number of aryl methyl sites for hydroxylation is 3. The van der Waals surface area contributed by atoms with Gasteiger partial charge in [-0.05, 0) is 44.5 Å². The second kappa shape index (κ2) is 9.93. The molecule has 1 aromatic heterocycles. The maximum atomic E-state index is 13.0. The van der Waals surface area contributed by atoms with Crippen LogP contribution in [0.25, 0.3) is 5.69 Å². The molecule has 3 aromatic carbocycles. The Hall–Kier alpha value is -3.91. The van der Waals surface area contributed by atoms with Gasteiger partial charge < -0.3 is 4.74 Å². The van der Waals surface area contributed by atoms with Crippen molar-refractivity contribution in [1.82, 2.24) is 9.78 Å². The Morgan fingerprint density at radius 1 is 1.00 bits per heavy atom. The molecule has 7 nitrogen and oxygen atoms in total. The highest BCUT2D eigenvalue weighted by Crippen LogP contribution is 2.42. The van der Waals surface area contributed by atoms with Crippen molar-refractivity contribution in [2.75, 3.05) is 0 Å². The average Bonchev–Trinajstić information content (AvgIpc) is 3.09. The third kappa shape index (κ3) is 5.18. The lowest BCUT2D eigenvalue weighted by atomic mass is 10.1. The molecule has 0 amide bonds. The van der Waals surface area contributed by atoms with Gasteiger partial charge >= 0.3 is 5.97 Å². The van der Waals surface area contributed by atoms with E-state index >= 15 is 0 Å². The highest BCUT2D eigenvalue weighted by Gasteiger charge is 2.25. The van der Waals surface area contributed by atoms with Gasteiger partial charge in [0.2, 0.25) is 5.88 Å². The van der Waals surface area contributed by atoms with Gasteiger partial charge in [0.1, 0.15) is 0 Å². The molecule has 172 valence electrons. The predicted molar refractivity (Wildman–Crippen MR) is 131 cm³/mol. The predicted octanol–water partition coefficient (Wildman–Crippen LogP) is 6.01. The van der Waals surface area contributed by atoms with E-state index in [0.717, 1.165) is 28.5 Å². The molecule has 0 aliphatic heterocycles. The van der Waals surface area contributed by atoms with E-state index in [9.17, 15) is 14.9 Å². The summed E-state index contributed by atoms with van der Waals surface area (Å²) in [6.45, 7) is 5.76. The Morgan fingerprint density at radius 2 is 1.65 bits per heavy atom. The molecule has 0 atom stereocenters. The molecule has 0 N–H and O–H groups in total. The maximum absolute atomic E-state index is 13.0. The van der Waals surface area contributed by atoms with Gasteiger partial charge in [-0.3, -0.25) is 14.9 Å². The maximum Gasteiger partial charge on any atom is 0.317 e. The molecular weight excluding hydrogens is 450 g/mol. The minimum Gasteiger partial charge on any atom is -0.406 e. The standard InChI is InChI=1S/C26H23N3O4S/c1-17-13-18(2)15-20(14-17)16-24(30)33-26-25(34-23-12-8-7-11-22(23)29(31)32)19(3)27-28(26)21-9-5-4-6-10-21/h4-15H,16H2,1-3H3.